The van der Waals surface area contributed by atoms with Gasteiger partial charge >= 0.3 is 0 Å². The zero-order chi connectivity index (χ0) is 11.6. The van der Waals surface area contributed by atoms with Crippen LogP contribution < -0.4 is 5.73 Å². The number of benzene rings is 1. The molecule has 0 heterocycles. The molecule has 0 aliphatic rings. The summed E-state index contributed by atoms with van der Waals surface area (Å²) in [6.07, 6.45) is 0.125. The second kappa shape index (κ2) is 4.41. The third kappa shape index (κ3) is 3.72. The summed E-state index contributed by atoms with van der Waals surface area (Å²) in [6.45, 7) is 3.47. The summed E-state index contributed by atoms with van der Waals surface area (Å²) in [6, 6.07) is 4.30. The lowest BCUT2D eigenvalue weighted by Gasteiger charge is -2.17. The van der Waals surface area contributed by atoms with Gasteiger partial charge in [-0.1, -0.05) is 15.9 Å². The van der Waals surface area contributed by atoms with Gasteiger partial charge in [-0.15, -0.1) is 0 Å². The van der Waals surface area contributed by atoms with Crippen molar-refractivity contribution in [2.45, 2.75) is 25.8 Å². The molecule has 2 nitrogen and oxygen atoms in total. The van der Waals surface area contributed by atoms with Gasteiger partial charge in [0.05, 0.1) is 5.56 Å². The molecule has 0 saturated carbocycles. The fourth-order valence-electron chi connectivity index (χ4n) is 1.22. The number of carbonyl (C=O) groups is 1. The quantitative estimate of drug-likeness (QED) is 0.861. The number of Topliss-reactive ketones (excluding diaryl/α,β-unsaturated/α-hetero) is 1. The van der Waals surface area contributed by atoms with Crippen LogP contribution in [0.4, 0.5) is 4.39 Å². The summed E-state index contributed by atoms with van der Waals surface area (Å²) in [4.78, 5) is 11.7. The largest absolute Gasteiger partial charge is 0.325 e. The van der Waals surface area contributed by atoms with Crippen LogP contribution in [0.3, 0.4) is 0 Å². The normalized spacial score (nSPS) is 11.5. The molecule has 0 aliphatic heterocycles. The summed E-state index contributed by atoms with van der Waals surface area (Å²) in [5.74, 6) is -0.784. The lowest BCUT2D eigenvalue weighted by molar-refractivity contribution is 0.0956. The highest BCUT2D eigenvalue weighted by molar-refractivity contribution is 9.10. The van der Waals surface area contributed by atoms with Gasteiger partial charge in [0.1, 0.15) is 5.82 Å². The van der Waals surface area contributed by atoms with E-state index in [0.29, 0.717) is 4.47 Å². The lowest BCUT2D eigenvalue weighted by atomic mass is 9.95. The van der Waals surface area contributed by atoms with E-state index < -0.39 is 11.4 Å². The van der Waals surface area contributed by atoms with Gasteiger partial charge in [-0.2, -0.15) is 0 Å². The van der Waals surface area contributed by atoms with Crippen LogP contribution in [-0.4, -0.2) is 11.3 Å². The minimum absolute atomic E-state index is 0.0860. The molecule has 0 amide bonds. The van der Waals surface area contributed by atoms with E-state index in [9.17, 15) is 9.18 Å². The number of hydrogen-bond donors (Lipinski definition) is 1. The molecule has 82 valence electrons. The minimum atomic E-state index is -0.619. The van der Waals surface area contributed by atoms with Crippen molar-refractivity contribution >= 4 is 21.7 Å². The Balaban J connectivity index is 2.96. The van der Waals surface area contributed by atoms with Crippen molar-refractivity contribution in [3.8, 4) is 0 Å². The van der Waals surface area contributed by atoms with Crippen LogP contribution in [0.15, 0.2) is 22.7 Å². The van der Waals surface area contributed by atoms with E-state index >= 15 is 0 Å². The Morgan fingerprint density at radius 2 is 2.13 bits per heavy atom. The molecule has 0 bridgehead atoms. The molecule has 0 spiro atoms. The second-order valence-electron chi connectivity index (χ2n) is 4.21. The summed E-state index contributed by atoms with van der Waals surface area (Å²) >= 11 is 3.19. The van der Waals surface area contributed by atoms with E-state index in [2.05, 4.69) is 15.9 Å². The SMILES string of the molecule is CC(C)(N)CC(=O)c1cc(Br)ccc1F. The van der Waals surface area contributed by atoms with Gasteiger partial charge in [0.25, 0.3) is 0 Å². The lowest BCUT2D eigenvalue weighted by Crippen LogP contribution is -2.34. The van der Waals surface area contributed by atoms with Crippen LogP contribution in [0.1, 0.15) is 30.6 Å². The molecular weight excluding hydrogens is 261 g/mol. The summed E-state index contributed by atoms with van der Waals surface area (Å²) in [5.41, 5.74) is 5.17. The Kier molecular flexibility index (Phi) is 3.62. The van der Waals surface area contributed by atoms with Crippen LogP contribution in [0, 0.1) is 5.82 Å². The number of nitrogens with two attached hydrogens (primary N) is 1. The molecule has 0 atom stereocenters. The highest BCUT2D eigenvalue weighted by Crippen LogP contribution is 2.19. The topological polar surface area (TPSA) is 43.1 Å². The van der Waals surface area contributed by atoms with Gasteiger partial charge in [0, 0.05) is 16.4 Å². The predicted octanol–water partition coefficient (Wildman–Crippen LogP) is 2.90. The number of ketones is 1. The van der Waals surface area contributed by atoms with E-state index in [1.54, 1.807) is 19.9 Å². The third-order valence-corrected chi connectivity index (χ3v) is 2.34. The van der Waals surface area contributed by atoms with Crippen LogP contribution in [-0.2, 0) is 0 Å². The maximum atomic E-state index is 13.3. The van der Waals surface area contributed by atoms with Crippen LogP contribution in [0.25, 0.3) is 0 Å². The summed E-state index contributed by atoms with van der Waals surface area (Å²) < 4.78 is 14.0. The summed E-state index contributed by atoms with van der Waals surface area (Å²) in [7, 11) is 0. The highest BCUT2D eigenvalue weighted by Gasteiger charge is 2.20. The smallest absolute Gasteiger partial charge is 0.167 e. The van der Waals surface area contributed by atoms with Gasteiger partial charge in [0.15, 0.2) is 5.78 Å². The van der Waals surface area contributed by atoms with Gasteiger partial charge in [-0.05, 0) is 32.0 Å². The number of halogens is 2. The standard InChI is InChI=1S/C11H13BrFNO/c1-11(2,14)6-10(15)8-5-7(12)3-4-9(8)13/h3-5H,6,14H2,1-2H3. The fourth-order valence-corrected chi connectivity index (χ4v) is 1.58. The van der Waals surface area contributed by atoms with Crippen molar-refractivity contribution < 1.29 is 9.18 Å². The van der Waals surface area contributed by atoms with E-state index in [4.69, 9.17) is 5.73 Å². The van der Waals surface area contributed by atoms with Crippen molar-refractivity contribution in [3.05, 3.63) is 34.1 Å². The maximum absolute atomic E-state index is 13.3. The highest BCUT2D eigenvalue weighted by atomic mass is 79.9. The first-order valence-corrected chi connectivity index (χ1v) is 5.36. The Hall–Kier alpha value is -0.740. The van der Waals surface area contributed by atoms with Crippen molar-refractivity contribution in [1.29, 1.82) is 0 Å². The van der Waals surface area contributed by atoms with Gasteiger partial charge < -0.3 is 5.73 Å². The Morgan fingerprint density at radius 1 is 1.53 bits per heavy atom. The van der Waals surface area contributed by atoms with Crippen molar-refractivity contribution in [1.82, 2.24) is 0 Å². The van der Waals surface area contributed by atoms with E-state index in [0.717, 1.165) is 0 Å². The van der Waals surface area contributed by atoms with Crippen LogP contribution in [0.5, 0.6) is 0 Å². The molecule has 0 unspecified atom stereocenters. The first-order chi connectivity index (χ1) is 6.79. The molecule has 2 N–H and O–H groups in total. The van der Waals surface area contributed by atoms with Crippen LogP contribution in [0.2, 0.25) is 0 Å². The average molecular weight is 274 g/mol. The molecule has 0 aromatic heterocycles. The Labute approximate surface area is 96.8 Å². The van der Waals surface area contributed by atoms with E-state index in [1.165, 1.54) is 12.1 Å². The molecule has 0 aliphatic carbocycles. The average Bonchev–Trinajstić information content (AvgIpc) is 2.06. The third-order valence-electron chi connectivity index (χ3n) is 1.84. The molecule has 15 heavy (non-hydrogen) atoms. The number of hydrogen-bond acceptors (Lipinski definition) is 2. The van der Waals surface area contributed by atoms with Gasteiger partial charge in [-0.25, -0.2) is 4.39 Å². The zero-order valence-electron chi connectivity index (χ0n) is 8.68. The summed E-state index contributed by atoms with van der Waals surface area (Å²) in [5, 5.41) is 0. The van der Waals surface area contributed by atoms with Crippen molar-refractivity contribution in [3.63, 3.8) is 0 Å². The molecule has 1 aromatic carbocycles. The molecule has 1 rings (SSSR count). The number of carbonyl (C=O) groups excluding carboxylic acids is 1. The second-order valence-corrected chi connectivity index (χ2v) is 5.13. The van der Waals surface area contributed by atoms with Crippen molar-refractivity contribution in [2.24, 2.45) is 5.73 Å². The van der Waals surface area contributed by atoms with Crippen molar-refractivity contribution in [2.75, 3.05) is 0 Å². The molecular formula is C11H13BrFNO. The molecule has 0 fully saturated rings. The van der Waals surface area contributed by atoms with Gasteiger partial charge in [-0.3, -0.25) is 4.79 Å². The zero-order valence-corrected chi connectivity index (χ0v) is 10.3. The first kappa shape index (κ1) is 12.3. The predicted molar refractivity (Wildman–Crippen MR) is 61.3 cm³/mol. The Bertz CT molecular complexity index is 385. The molecule has 4 heteroatoms. The van der Waals surface area contributed by atoms with Crippen LogP contribution >= 0.6 is 15.9 Å². The fraction of sp³-hybridized carbons (Fsp3) is 0.364. The Morgan fingerprint density at radius 3 is 2.67 bits per heavy atom. The molecule has 0 radical (unpaired) electrons. The van der Waals surface area contributed by atoms with E-state index in [-0.39, 0.29) is 17.8 Å². The number of rotatable bonds is 3. The molecule has 0 saturated heterocycles. The first-order valence-electron chi connectivity index (χ1n) is 4.57. The minimum Gasteiger partial charge on any atom is -0.325 e. The monoisotopic (exact) mass is 273 g/mol. The van der Waals surface area contributed by atoms with E-state index in [1.807, 2.05) is 0 Å². The maximum Gasteiger partial charge on any atom is 0.167 e. The molecule has 1 aromatic rings. The van der Waals surface area contributed by atoms with Gasteiger partial charge in [0.2, 0.25) is 0 Å².